The van der Waals surface area contributed by atoms with Crippen molar-refractivity contribution >= 4 is 17.6 Å². The predicted molar refractivity (Wildman–Crippen MR) is 81.1 cm³/mol. The van der Waals surface area contributed by atoms with Gasteiger partial charge in [0.05, 0.1) is 10.9 Å². The summed E-state index contributed by atoms with van der Waals surface area (Å²) in [4.78, 5) is 11.9. The fourth-order valence-corrected chi connectivity index (χ4v) is 3.11. The van der Waals surface area contributed by atoms with Gasteiger partial charge in [0.2, 0.25) is 0 Å². The van der Waals surface area contributed by atoms with Crippen LogP contribution in [-0.2, 0) is 18.9 Å². The third kappa shape index (κ3) is 3.51. The van der Waals surface area contributed by atoms with Crippen LogP contribution in [-0.4, -0.2) is 53.4 Å². The smallest absolute Gasteiger partial charge is 0.338 e. The fraction of sp³-hybridized carbons (Fsp3) is 0.562. The number of carbonyl (C=O) groups is 1. The standard InChI is InChI=1S/C16H19ClO6/c1-16(2)22-13-11(17)12(21-15(13)23-16)10(18)8-20-14(19)9-6-4-3-5-7-9/h3-7,10-13,15,18H,8H2,1-2H3/t10-,11+,12-,13-,15?/m1/s1. The highest BCUT2D eigenvalue weighted by Crippen LogP contribution is 2.40. The van der Waals surface area contributed by atoms with E-state index in [1.807, 2.05) is 0 Å². The van der Waals surface area contributed by atoms with Gasteiger partial charge in [0.25, 0.3) is 0 Å². The van der Waals surface area contributed by atoms with Crippen LogP contribution >= 0.6 is 11.6 Å². The van der Waals surface area contributed by atoms with Crippen LogP contribution in [0.5, 0.6) is 0 Å². The highest BCUT2D eigenvalue weighted by molar-refractivity contribution is 6.21. The van der Waals surface area contributed by atoms with E-state index < -0.39 is 41.7 Å². The third-order valence-electron chi connectivity index (χ3n) is 3.78. The van der Waals surface area contributed by atoms with Crippen LogP contribution in [0, 0.1) is 0 Å². The van der Waals surface area contributed by atoms with Gasteiger partial charge in [0.1, 0.15) is 24.9 Å². The normalized spacial score (nSPS) is 33.2. The van der Waals surface area contributed by atoms with Gasteiger partial charge in [-0.15, -0.1) is 11.6 Å². The summed E-state index contributed by atoms with van der Waals surface area (Å²) in [6.07, 6.45) is -2.88. The molecule has 23 heavy (non-hydrogen) atoms. The third-order valence-corrected chi connectivity index (χ3v) is 4.28. The Morgan fingerprint density at radius 1 is 1.35 bits per heavy atom. The van der Waals surface area contributed by atoms with Gasteiger partial charge in [-0.05, 0) is 26.0 Å². The zero-order valence-electron chi connectivity index (χ0n) is 12.8. The van der Waals surface area contributed by atoms with Crippen molar-refractivity contribution < 1.29 is 28.8 Å². The molecule has 7 heteroatoms. The Morgan fingerprint density at radius 2 is 2.04 bits per heavy atom. The number of hydrogen-bond donors (Lipinski definition) is 1. The quantitative estimate of drug-likeness (QED) is 0.663. The minimum absolute atomic E-state index is 0.218. The lowest BCUT2D eigenvalue weighted by Gasteiger charge is -2.25. The Morgan fingerprint density at radius 3 is 2.70 bits per heavy atom. The molecular formula is C16H19ClO6. The molecule has 5 atom stereocenters. The number of alkyl halides is 1. The zero-order valence-corrected chi connectivity index (χ0v) is 13.6. The predicted octanol–water partition coefficient (Wildman–Crippen LogP) is 1.69. The maximum Gasteiger partial charge on any atom is 0.338 e. The van der Waals surface area contributed by atoms with Crippen LogP contribution in [0.1, 0.15) is 24.2 Å². The summed E-state index contributed by atoms with van der Waals surface area (Å²) in [6.45, 7) is 3.32. The number of hydrogen-bond acceptors (Lipinski definition) is 6. The number of rotatable bonds is 4. The van der Waals surface area contributed by atoms with Crippen LogP contribution in [0.3, 0.4) is 0 Å². The van der Waals surface area contributed by atoms with E-state index in [9.17, 15) is 9.90 Å². The Bertz CT molecular complexity index is 563. The minimum Gasteiger partial charge on any atom is -0.459 e. The van der Waals surface area contributed by atoms with Crippen molar-refractivity contribution in [2.45, 2.75) is 49.6 Å². The lowest BCUT2D eigenvalue weighted by Crippen LogP contribution is -2.40. The average molecular weight is 343 g/mol. The molecule has 0 spiro atoms. The monoisotopic (exact) mass is 342 g/mol. The number of ether oxygens (including phenoxy) is 4. The molecular weight excluding hydrogens is 324 g/mol. The Labute approximate surface area is 139 Å². The van der Waals surface area contributed by atoms with Crippen molar-refractivity contribution in [1.29, 1.82) is 0 Å². The fourth-order valence-electron chi connectivity index (χ4n) is 2.71. The van der Waals surface area contributed by atoms with E-state index >= 15 is 0 Å². The summed E-state index contributed by atoms with van der Waals surface area (Å²) in [5, 5.41) is 9.61. The molecule has 6 nitrogen and oxygen atoms in total. The van der Waals surface area contributed by atoms with Crippen molar-refractivity contribution in [1.82, 2.24) is 0 Å². The second-order valence-corrected chi connectivity index (χ2v) is 6.55. The highest BCUT2D eigenvalue weighted by Gasteiger charge is 2.55. The van der Waals surface area contributed by atoms with E-state index in [1.54, 1.807) is 44.2 Å². The average Bonchev–Trinajstić information content (AvgIpc) is 2.99. The summed E-state index contributed by atoms with van der Waals surface area (Å²) in [5.41, 5.74) is 0.416. The van der Waals surface area contributed by atoms with E-state index in [4.69, 9.17) is 30.5 Å². The molecule has 2 aliphatic rings. The molecule has 126 valence electrons. The number of carbonyl (C=O) groups excluding carboxylic acids is 1. The van der Waals surface area contributed by atoms with Crippen molar-refractivity contribution in [3.63, 3.8) is 0 Å². The second-order valence-electron chi connectivity index (χ2n) is 6.05. The van der Waals surface area contributed by atoms with Crippen LogP contribution in [0.2, 0.25) is 0 Å². The first-order chi connectivity index (χ1) is 10.9. The molecule has 2 saturated heterocycles. The first kappa shape index (κ1) is 16.7. The Kier molecular flexibility index (Phi) is 4.62. The number of aliphatic hydroxyl groups is 1. The minimum atomic E-state index is -1.06. The van der Waals surface area contributed by atoms with E-state index in [0.29, 0.717) is 5.56 Å². The molecule has 0 radical (unpaired) electrons. The molecule has 3 rings (SSSR count). The van der Waals surface area contributed by atoms with E-state index in [1.165, 1.54) is 0 Å². The van der Waals surface area contributed by atoms with Gasteiger partial charge >= 0.3 is 5.97 Å². The van der Waals surface area contributed by atoms with Crippen molar-refractivity contribution in [2.24, 2.45) is 0 Å². The number of halogens is 1. The molecule has 1 N–H and O–H groups in total. The van der Waals surface area contributed by atoms with Gasteiger partial charge in [0.15, 0.2) is 12.1 Å². The summed E-state index contributed by atoms with van der Waals surface area (Å²) in [5.74, 6) is -1.28. The highest BCUT2D eigenvalue weighted by atomic mass is 35.5. The number of esters is 1. The molecule has 0 saturated carbocycles. The molecule has 0 bridgehead atoms. The van der Waals surface area contributed by atoms with Crippen molar-refractivity contribution in [3.05, 3.63) is 35.9 Å². The lowest BCUT2D eigenvalue weighted by molar-refractivity contribution is -0.214. The molecule has 0 aliphatic carbocycles. The maximum absolute atomic E-state index is 11.9. The molecule has 2 fully saturated rings. The van der Waals surface area contributed by atoms with E-state index in [2.05, 4.69) is 0 Å². The van der Waals surface area contributed by atoms with Crippen molar-refractivity contribution in [3.8, 4) is 0 Å². The molecule has 1 unspecified atom stereocenters. The molecule has 0 aromatic heterocycles. The molecule has 1 aromatic rings. The summed E-state index contributed by atoms with van der Waals surface area (Å²) < 4.78 is 21.9. The van der Waals surface area contributed by atoms with Crippen molar-refractivity contribution in [2.75, 3.05) is 6.61 Å². The van der Waals surface area contributed by atoms with Crippen LogP contribution in [0.4, 0.5) is 0 Å². The van der Waals surface area contributed by atoms with Gasteiger partial charge < -0.3 is 24.1 Å². The number of fused-ring (bicyclic) bond motifs is 1. The van der Waals surface area contributed by atoms with Gasteiger partial charge in [0, 0.05) is 0 Å². The zero-order chi connectivity index (χ0) is 16.6. The van der Waals surface area contributed by atoms with Gasteiger partial charge in [-0.3, -0.25) is 0 Å². The summed E-state index contributed by atoms with van der Waals surface area (Å²) >= 11 is 6.30. The lowest BCUT2D eigenvalue weighted by atomic mass is 10.1. The number of benzene rings is 1. The first-order valence-corrected chi connectivity index (χ1v) is 7.86. The maximum atomic E-state index is 11.9. The first-order valence-electron chi connectivity index (χ1n) is 7.43. The molecule has 0 amide bonds. The summed E-state index contributed by atoms with van der Waals surface area (Å²) in [6, 6.07) is 8.55. The van der Waals surface area contributed by atoms with Gasteiger partial charge in [-0.1, -0.05) is 18.2 Å². The Hall–Kier alpha value is -1.18. The largest absolute Gasteiger partial charge is 0.459 e. The second kappa shape index (κ2) is 6.37. The summed E-state index contributed by atoms with van der Waals surface area (Å²) in [7, 11) is 0. The van der Waals surface area contributed by atoms with E-state index in [-0.39, 0.29) is 6.61 Å². The van der Waals surface area contributed by atoms with E-state index in [0.717, 1.165) is 0 Å². The molecule has 1 aromatic carbocycles. The molecule has 2 heterocycles. The topological polar surface area (TPSA) is 74.2 Å². The Balaban J connectivity index is 1.54. The number of aliphatic hydroxyl groups excluding tert-OH is 1. The van der Waals surface area contributed by atoms with Crippen LogP contribution < -0.4 is 0 Å². The van der Waals surface area contributed by atoms with Gasteiger partial charge in [-0.25, -0.2) is 4.79 Å². The van der Waals surface area contributed by atoms with Gasteiger partial charge in [-0.2, -0.15) is 0 Å². The van der Waals surface area contributed by atoms with Crippen LogP contribution in [0.25, 0.3) is 0 Å². The molecule has 2 aliphatic heterocycles. The SMILES string of the molecule is CC1(C)OC2O[C@H]([C@H](O)COC(=O)c3ccccc3)[C@H](Cl)[C@H]2O1. The van der Waals surface area contributed by atoms with Crippen LogP contribution in [0.15, 0.2) is 30.3 Å².